The van der Waals surface area contributed by atoms with Gasteiger partial charge in [0.25, 0.3) is 0 Å². The second-order valence-electron chi connectivity index (χ2n) is 4.51. The molecule has 1 atom stereocenters. The summed E-state index contributed by atoms with van der Waals surface area (Å²) in [6, 6.07) is 9.43. The molecule has 0 saturated heterocycles. The fourth-order valence-corrected chi connectivity index (χ4v) is 2.57. The van der Waals surface area contributed by atoms with Gasteiger partial charge in [-0.1, -0.05) is 35.3 Å². The predicted molar refractivity (Wildman–Crippen MR) is 83.2 cm³/mol. The molecule has 2 rings (SSSR count). The first-order valence-corrected chi connectivity index (χ1v) is 7.05. The molecule has 0 aliphatic heterocycles. The van der Waals surface area contributed by atoms with Gasteiger partial charge in [0.2, 0.25) is 0 Å². The maximum absolute atomic E-state index is 13.9. The zero-order valence-electron chi connectivity index (χ0n) is 11.4. The van der Waals surface area contributed by atoms with E-state index in [-0.39, 0.29) is 11.9 Å². The van der Waals surface area contributed by atoms with E-state index in [0.717, 1.165) is 5.56 Å². The van der Waals surface area contributed by atoms with Crippen LogP contribution in [0.15, 0.2) is 36.4 Å². The number of ether oxygens (including phenoxy) is 1. The molecular weight excluding hydrogens is 314 g/mol. The van der Waals surface area contributed by atoms with Gasteiger partial charge in [0.1, 0.15) is 11.6 Å². The van der Waals surface area contributed by atoms with Crippen LogP contribution in [0.5, 0.6) is 5.75 Å². The van der Waals surface area contributed by atoms with Crippen LogP contribution >= 0.6 is 23.2 Å². The zero-order chi connectivity index (χ0) is 15.4. The number of hydrazine groups is 1. The fraction of sp³-hybridized carbons (Fsp3) is 0.200. The minimum atomic E-state index is -0.365. The van der Waals surface area contributed by atoms with Gasteiger partial charge in [0.05, 0.1) is 13.2 Å². The third kappa shape index (κ3) is 3.66. The van der Waals surface area contributed by atoms with Crippen LogP contribution in [0.1, 0.15) is 17.2 Å². The highest BCUT2D eigenvalue weighted by atomic mass is 35.5. The molecular formula is C15H15Cl2FN2O. The lowest BCUT2D eigenvalue weighted by Gasteiger charge is -2.20. The zero-order valence-corrected chi connectivity index (χ0v) is 12.9. The Morgan fingerprint density at radius 3 is 2.67 bits per heavy atom. The Labute approximate surface area is 132 Å². The average Bonchev–Trinajstić information content (AvgIpc) is 2.47. The molecule has 112 valence electrons. The molecule has 0 radical (unpaired) electrons. The minimum absolute atomic E-state index is 0.292. The first kappa shape index (κ1) is 16.0. The van der Waals surface area contributed by atoms with Crippen molar-refractivity contribution in [3.63, 3.8) is 0 Å². The van der Waals surface area contributed by atoms with Crippen molar-refractivity contribution in [2.24, 2.45) is 5.84 Å². The number of halogens is 3. The van der Waals surface area contributed by atoms with Crippen LogP contribution < -0.4 is 16.0 Å². The van der Waals surface area contributed by atoms with Gasteiger partial charge >= 0.3 is 0 Å². The molecule has 0 saturated carbocycles. The molecule has 3 nitrogen and oxygen atoms in total. The number of benzene rings is 2. The van der Waals surface area contributed by atoms with E-state index in [2.05, 4.69) is 5.43 Å². The van der Waals surface area contributed by atoms with Gasteiger partial charge in [0, 0.05) is 21.2 Å². The van der Waals surface area contributed by atoms with E-state index in [1.165, 1.54) is 6.07 Å². The highest BCUT2D eigenvalue weighted by Crippen LogP contribution is 2.32. The van der Waals surface area contributed by atoms with Crippen LogP contribution in [0.25, 0.3) is 0 Å². The van der Waals surface area contributed by atoms with Crippen molar-refractivity contribution in [1.82, 2.24) is 5.43 Å². The van der Waals surface area contributed by atoms with Gasteiger partial charge in [-0.3, -0.25) is 11.3 Å². The second kappa shape index (κ2) is 7.09. The Bertz CT molecular complexity index is 617. The molecule has 2 aromatic rings. The Hall–Kier alpha value is -1.33. The quantitative estimate of drug-likeness (QED) is 0.646. The number of nitrogens with one attached hydrogen (secondary N) is 1. The maximum atomic E-state index is 13.9. The Morgan fingerprint density at radius 2 is 2.05 bits per heavy atom. The first-order chi connectivity index (χ1) is 10.1. The minimum Gasteiger partial charge on any atom is -0.496 e. The molecule has 3 N–H and O–H groups in total. The van der Waals surface area contributed by atoms with Crippen molar-refractivity contribution in [1.29, 1.82) is 0 Å². The summed E-state index contributed by atoms with van der Waals surface area (Å²) in [5.74, 6) is 5.83. The summed E-state index contributed by atoms with van der Waals surface area (Å²) in [5.41, 5.74) is 3.85. The first-order valence-electron chi connectivity index (χ1n) is 6.29. The van der Waals surface area contributed by atoms with Crippen molar-refractivity contribution in [3.8, 4) is 5.75 Å². The molecule has 0 amide bonds. The fourth-order valence-electron chi connectivity index (χ4n) is 2.16. The summed E-state index contributed by atoms with van der Waals surface area (Å²) in [4.78, 5) is 0. The SMILES string of the molecule is COc1cc(Cl)ccc1C(Cc1c(F)cccc1Cl)NN. The summed E-state index contributed by atoms with van der Waals surface area (Å²) >= 11 is 12.0. The highest BCUT2D eigenvalue weighted by Gasteiger charge is 2.19. The van der Waals surface area contributed by atoms with Crippen molar-refractivity contribution in [2.45, 2.75) is 12.5 Å². The van der Waals surface area contributed by atoms with E-state index in [1.54, 1.807) is 37.4 Å². The monoisotopic (exact) mass is 328 g/mol. The van der Waals surface area contributed by atoms with Gasteiger partial charge in [0.15, 0.2) is 0 Å². The topological polar surface area (TPSA) is 47.3 Å². The lowest BCUT2D eigenvalue weighted by molar-refractivity contribution is 0.398. The molecule has 0 bridgehead atoms. The van der Waals surface area contributed by atoms with E-state index in [0.29, 0.717) is 27.8 Å². The van der Waals surface area contributed by atoms with E-state index < -0.39 is 0 Å². The number of rotatable bonds is 5. The summed E-state index contributed by atoms with van der Waals surface area (Å²) in [7, 11) is 1.54. The largest absolute Gasteiger partial charge is 0.496 e. The van der Waals surface area contributed by atoms with Crippen LogP contribution in [0.3, 0.4) is 0 Å². The standard InChI is InChI=1S/C15H15Cl2FN2O/c1-21-15-7-9(16)5-6-10(15)14(20-19)8-11-12(17)3-2-4-13(11)18/h2-7,14,20H,8,19H2,1H3. The smallest absolute Gasteiger partial charge is 0.127 e. The maximum Gasteiger partial charge on any atom is 0.127 e. The Balaban J connectivity index is 2.37. The molecule has 0 aromatic heterocycles. The summed E-state index contributed by atoms with van der Waals surface area (Å²) in [6.45, 7) is 0. The van der Waals surface area contributed by atoms with Crippen molar-refractivity contribution < 1.29 is 9.13 Å². The van der Waals surface area contributed by atoms with Gasteiger partial charge in [-0.05, 0) is 30.7 Å². The van der Waals surface area contributed by atoms with Crippen LogP contribution in [0.4, 0.5) is 4.39 Å². The Morgan fingerprint density at radius 1 is 1.29 bits per heavy atom. The van der Waals surface area contributed by atoms with Gasteiger partial charge in [-0.15, -0.1) is 0 Å². The number of hydrogen-bond donors (Lipinski definition) is 2. The molecule has 0 spiro atoms. The molecule has 1 unspecified atom stereocenters. The van der Waals surface area contributed by atoms with Gasteiger partial charge in [-0.25, -0.2) is 4.39 Å². The molecule has 0 aliphatic carbocycles. The second-order valence-corrected chi connectivity index (χ2v) is 5.35. The molecule has 0 aliphatic rings. The third-order valence-corrected chi connectivity index (χ3v) is 3.83. The normalized spacial score (nSPS) is 12.2. The summed E-state index contributed by atoms with van der Waals surface area (Å²) in [6.07, 6.45) is 0.292. The predicted octanol–water partition coefficient (Wildman–Crippen LogP) is 3.89. The summed E-state index contributed by atoms with van der Waals surface area (Å²) in [5, 5.41) is 0.915. The lowest BCUT2D eigenvalue weighted by Crippen LogP contribution is -2.30. The van der Waals surface area contributed by atoms with Crippen LogP contribution in [0.2, 0.25) is 10.0 Å². The van der Waals surface area contributed by atoms with Crippen molar-refractivity contribution >= 4 is 23.2 Å². The van der Waals surface area contributed by atoms with Crippen molar-refractivity contribution in [2.75, 3.05) is 7.11 Å². The summed E-state index contributed by atoms with van der Waals surface area (Å²) < 4.78 is 19.2. The van der Waals surface area contributed by atoms with E-state index in [9.17, 15) is 4.39 Å². The number of nitrogens with two attached hydrogens (primary N) is 1. The van der Waals surface area contributed by atoms with Crippen LogP contribution in [0, 0.1) is 5.82 Å². The lowest BCUT2D eigenvalue weighted by atomic mass is 9.98. The molecule has 6 heteroatoms. The molecule has 0 fully saturated rings. The van der Waals surface area contributed by atoms with Gasteiger partial charge < -0.3 is 4.74 Å². The van der Waals surface area contributed by atoms with E-state index in [4.69, 9.17) is 33.8 Å². The van der Waals surface area contributed by atoms with E-state index in [1.807, 2.05) is 0 Å². The third-order valence-electron chi connectivity index (χ3n) is 3.24. The molecule has 21 heavy (non-hydrogen) atoms. The molecule has 2 aromatic carbocycles. The average molecular weight is 329 g/mol. The van der Waals surface area contributed by atoms with Crippen molar-refractivity contribution in [3.05, 3.63) is 63.4 Å². The highest BCUT2D eigenvalue weighted by molar-refractivity contribution is 6.31. The van der Waals surface area contributed by atoms with Gasteiger partial charge in [-0.2, -0.15) is 0 Å². The van der Waals surface area contributed by atoms with E-state index >= 15 is 0 Å². The van der Waals surface area contributed by atoms with Crippen LogP contribution in [-0.2, 0) is 6.42 Å². The number of hydrogen-bond acceptors (Lipinski definition) is 3. The molecule has 0 heterocycles. The number of methoxy groups -OCH3 is 1. The Kier molecular flexibility index (Phi) is 5.42. The van der Waals surface area contributed by atoms with Crippen LogP contribution in [-0.4, -0.2) is 7.11 Å².